The fourth-order valence-electron chi connectivity index (χ4n) is 2.55. The summed E-state index contributed by atoms with van der Waals surface area (Å²) in [6.07, 6.45) is 0.646. The van der Waals surface area contributed by atoms with E-state index in [2.05, 4.69) is 18.6 Å². The van der Waals surface area contributed by atoms with E-state index in [4.69, 9.17) is 5.11 Å². The molecule has 2 aromatic rings. The van der Waals surface area contributed by atoms with Gasteiger partial charge in [0.2, 0.25) is 10.0 Å². The molecule has 2 atom stereocenters. The van der Waals surface area contributed by atoms with Crippen LogP contribution in [0.25, 0.3) is 0 Å². The SMILES string of the molecule is CC[C@@H](C)c1ccc(S(=O)(=O)N[C@@H](CC(=O)O)c2ccccc2)cc1. The van der Waals surface area contributed by atoms with Crippen LogP contribution in [0, 0.1) is 0 Å². The predicted molar refractivity (Wildman–Crippen MR) is 96.9 cm³/mol. The highest BCUT2D eigenvalue weighted by Gasteiger charge is 2.23. The minimum Gasteiger partial charge on any atom is -0.481 e. The first-order valence-corrected chi connectivity index (χ1v) is 9.71. The summed E-state index contributed by atoms with van der Waals surface area (Å²) >= 11 is 0. The lowest BCUT2D eigenvalue weighted by Crippen LogP contribution is -2.30. The molecule has 0 aliphatic carbocycles. The second-order valence-corrected chi connectivity index (χ2v) is 7.77. The van der Waals surface area contributed by atoms with E-state index in [0.29, 0.717) is 11.5 Å². The molecule has 0 saturated heterocycles. The van der Waals surface area contributed by atoms with E-state index in [1.165, 1.54) is 0 Å². The van der Waals surface area contributed by atoms with Gasteiger partial charge in [-0.05, 0) is 35.6 Å². The van der Waals surface area contributed by atoms with Crippen molar-refractivity contribution in [3.8, 4) is 0 Å². The van der Waals surface area contributed by atoms with Crippen molar-refractivity contribution >= 4 is 16.0 Å². The molecule has 0 unspecified atom stereocenters. The van der Waals surface area contributed by atoms with Gasteiger partial charge in [0.1, 0.15) is 0 Å². The highest BCUT2D eigenvalue weighted by atomic mass is 32.2. The van der Waals surface area contributed by atoms with Gasteiger partial charge in [0.25, 0.3) is 0 Å². The van der Waals surface area contributed by atoms with E-state index in [-0.39, 0.29) is 11.3 Å². The molecular weight excluding hydrogens is 338 g/mol. The second-order valence-electron chi connectivity index (χ2n) is 6.06. The molecule has 5 nitrogen and oxygen atoms in total. The van der Waals surface area contributed by atoms with E-state index >= 15 is 0 Å². The van der Waals surface area contributed by atoms with Gasteiger partial charge in [-0.1, -0.05) is 56.3 Å². The molecule has 0 aliphatic rings. The lowest BCUT2D eigenvalue weighted by atomic mass is 9.99. The summed E-state index contributed by atoms with van der Waals surface area (Å²) < 4.78 is 27.8. The molecule has 2 N–H and O–H groups in total. The van der Waals surface area contributed by atoms with Gasteiger partial charge in [-0.2, -0.15) is 0 Å². The Labute approximate surface area is 148 Å². The van der Waals surface area contributed by atoms with Gasteiger partial charge >= 0.3 is 5.97 Å². The number of carbonyl (C=O) groups is 1. The van der Waals surface area contributed by atoms with Gasteiger partial charge in [0, 0.05) is 0 Å². The Morgan fingerprint density at radius 2 is 1.64 bits per heavy atom. The topological polar surface area (TPSA) is 83.5 Å². The molecule has 2 rings (SSSR count). The average molecular weight is 361 g/mol. The van der Waals surface area contributed by atoms with Crippen LogP contribution in [0.2, 0.25) is 0 Å². The molecule has 6 heteroatoms. The quantitative estimate of drug-likeness (QED) is 0.751. The van der Waals surface area contributed by atoms with Crippen LogP contribution in [-0.4, -0.2) is 19.5 Å². The van der Waals surface area contributed by atoms with Crippen LogP contribution in [0.1, 0.15) is 49.8 Å². The molecule has 0 heterocycles. The number of rotatable bonds is 8. The van der Waals surface area contributed by atoms with Crippen LogP contribution in [0.4, 0.5) is 0 Å². The van der Waals surface area contributed by atoms with E-state index < -0.39 is 22.0 Å². The van der Waals surface area contributed by atoms with Crippen LogP contribution in [0.5, 0.6) is 0 Å². The Bertz CT molecular complexity index is 801. The number of aliphatic carboxylic acids is 1. The normalized spacial score (nSPS) is 14.0. The van der Waals surface area contributed by atoms with Crippen molar-refractivity contribution in [2.24, 2.45) is 0 Å². The minimum atomic E-state index is -3.82. The number of nitrogens with one attached hydrogen (secondary N) is 1. The smallest absolute Gasteiger partial charge is 0.305 e. The number of carboxylic acid groups (broad SMARTS) is 1. The van der Waals surface area contributed by atoms with Gasteiger partial charge in [0.05, 0.1) is 17.4 Å². The minimum absolute atomic E-state index is 0.130. The summed E-state index contributed by atoms with van der Waals surface area (Å²) in [7, 11) is -3.82. The Morgan fingerprint density at radius 3 is 2.16 bits per heavy atom. The number of benzene rings is 2. The van der Waals surface area contributed by atoms with E-state index in [0.717, 1.165) is 12.0 Å². The molecule has 0 fully saturated rings. The third kappa shape index (κ3) is 5.14. The van der Waals surface area contributed by atoms with Crippen LogP contribution >= 0.6 is 0 Å². The molecule has 25 heavy (non-hydrogen) atoms. The lowest BCUT2D eigenvalue weighted by Gasteiger charge is -2.18. The zero-order valence-corrected chi connectivity index (χ0v) is 15.2. The highest BCUT2D eigenvalue weighted by Crippen LogP contribution is 2.23. The molecule has 0 aliphatic heterocycles. The van der Waals surface area contributed by atoms with Crippen LogP contribution in [-0.2, 0) is 14.8 Å². The fraction of sp³-hybridized carbons (Fsp3) is 0.316. The van der Waals surface area contributed by atoms with Crippen LogP contribution in [0.3, 0.4) is 0 Å². The molecule has 0 aromatic heterocycles. The van der Waals surface area contributed by atoms with Crippen molar-refractivity contribution in [1.29, 1.82) is 0 Å². The Morgan fingerprint density at radius 1 is 1.04 bits per heavy atom. The van der Waals surface area contributed by atoms with Gasteiger partial charge in [0.15, 0.2) is 0 Å². The van der Waals surface area contributed by atoms with Crippen LogP contribution in [0.15, 0.2) is 59.5 Å². The van der Waals surface area contributed by atoms with Gasteiger partial charge in [-0.15, -0.1) is 0 Å². The molecule has 0 bridgehead atoms. The zero-order chi connectivity index (χ0) is 18.4. The van der Waals surface area contributed by atoms with Crippen molar-refractivity contribution in [3.05, 3.63) is 65.7 Å². The Kier molecular flexibility index (Phi) is 6.33. The third-order valence-electron chi connectivity index (χ3n) is 4.25. The van der Waals surface area contributed by atoms with Crippen molar-refractivity contribution in [1.82, 2.24) is 4.72 Å². The zero-order valence-electron chi connectivity index (χ0n) is 14.3. The summed E-state index contributed by atoms with van der Waals surface area (Å²) in [5, 5.41) is 9.10. The third-order valence-corrected chi connectivity index (χ3v) is 5.74. The highest BCUT2D eigenvalue weighted by molar-refractivity contribution is 7.89. The average Bonchev–Trinajstić information content (AvgIpc) is 2.61. The van der Waals surface area contributed by atoms with Crippen molar-refractivity contribution in [2.45, 2.75) is 43.5 Å². The molecule has 0 radical (unpaired) electrons. The largest absolute Gasteiger partial charge is 0.481 e. The van der Waals surface area contributed by atoms with E-state index in [9.17, 15) is 13.2 Å². The maximum atomic E-state index is 12.6. The first-order chi connectivity index (χ1) is 11.8. The predicted octanol–water partition coefficient (Wildman–Crippen LogP) is 3.69. The lowest BCUT2D eigenvalue weighted by molar-refractivity contribution is -0.137. The molecule has 0 saturated carbocycles. The van der Waals surface area contributed by atoms with Gasteiger partial charge in [-0.25, -0.2) is 13.1 Å². The molecule has 0 amide bonds. The summed E-state index contributed by atoms with van der Waals surface area (Å²) in [5.74, 6) is -0.711. The van der Waals surface area contributed by atoms with Crippen LogP contribution < -0.4 is 4.72 Å². The number of hydrogen-bond donors (Lipinski definition) is 2. The Balaban J connectivity index is 2.26. The molecule has 2 aromatic carbocycles. The summed E-state index contributed by atoms with van der Waals surface area (Å²) in [6, 6.07) is 14.6. The molecule has 0 spiro atoms. The number of carboxylic acids is 1. The first kappa shape index (κ1) is 19.1. The Hall–Kier alpha value is -2.18. The summed E-state index contributed by atoms with van der Waals surface area (Å²) in [6.45, 7) is 4.16. The number of sulfonamides is 1. The van der Waals surface area contributed by atoms with Crippen molar-refractivity contribution in [2.75, 3.05) is 0 Å². The van der Waals surface area contributed by atoms with Gasteiger partial charge < -0.3 is 5.11 Å². The monoisotopic (exact) mass is 361 g/mol. The van der Waals surface area contributed by atoms with Crippen molar-refractivity contribution in [3.63, 3.8) is 0 Å². The molecular formula is C19H23NO4S. The maximum absolute atomic E-state index is 12.6. The maximum Gasteiger partial charge on any atom is 0.305 e. The standard InChI is InChI=1S/C19H23NO4S/c1-3-14(2)15-9-11-17(12-10-15)25(23,24)20-18(13-19(21)22)16-7-5-4-6-8-16/h4-12,14,18,20H,3,13H2,1-2H3,(H,21,22)/t14-,18+/m1/s1. The van der Waals surface area contributed by atoms with Crippen molar-refractivity contribution < 1.29 is 18.3 Å². The second kappa shape index (κ2) is 8.27. The summed E-state index contributed by atoms with van der Waals surface area (Å²) in [4.78, 5) is 11.3. The van der Waals surface area contributed by atoms with E-state index in [1.807, 2.05) is 0 Å². The summed E-state index contributed by atoms with van der Waals surface area (Å²) in [5.41, 5.74) is 1.69. The fourth-order valence-corrected chi connectivity index (χ4v) is 3.78. The van der Waals surface area contributed by atoms with Gasteiger partial charge in [-0.3, -0.25) is 4.79 Å². The van der Waals surface area contributed by atoms with E-state index in [1.54, 1.807) is 54.6 Å². The number of hydrogen-bond acceptors (Lipinski definition) is 3. The molecule has 134 valence electrons. The first-order valence-electron chi connectivity index (χ1n) is 8.22.